The molecular weight excluding hydrogens is 310 g/mol. The van der Waals surface area contributed by atoms with Crippen molar-refractivity contribution in [2.45, 2.75) is 45.6 Å². The fourth-order valence-electron chi connectivity index (χ4n) is 2.34. The van der Waals surface area contributed by atoms with E-state index in [0.717, 1.165) is 19.1 Å². The Balaban J connectivity index is 2.78. The zero-order valence-electron chi connectivity index (χ0n) is 13.5. The third-order valence-electron chi connectivity index (χ3n) is 3.65. The third-order valence-corrected chi connectivity index (χ3v) is 4.60. The molecule has 0 aromatic rings. The first-order valence-electron chi connectivity index (χ1n) is 7.24. The van der Waals surface area contributed by atoms with Crippen molar-refractivity contribution in [3.63, 3.8) is 0 Å². The van der Waals surface area contributed by atoms with Crippen LogP contribution in [0, 0.1) is 11.3 Å². The Bertz CT molecular complexity index is 532. The van der Waals surface area contributed by atoms with Crippen LogP contribution in [-0.2, 0) is 19.4 Å². The highest BCUT2D eigenvalue weighted by molar-refractivity contribution is 7.90. The number of rotatable bonds is 7. The molecule has 0 aliphatic heterocycles. The molecule has 22 heavy (non-hydrogen) atoms. The summed E-state index contributed by atoms with van der Waals surface area (Å²) in [5, 5.41) is 12.1. The Morgan fingerprint density at radius 1 is 1.27 bits per heavy atom. The summed E-state index contributed by atoms with van der Waals surface area (Å²) in [5.41, 5.74) is -1.93. The van der Waals surface area contributed by atoms with Crippen LogP contribution < -0.4 is 5.32 Å². The molecular formula is C14H25NO6S. The van der Waals surface area contributed by atoms with E-state index < -0.39 is 32.9 Å². The van der Waals surface area contributed by atoms with Gasteiger partial charge in [-0.1, -0.05) is 0 Å². The number of hydrogen-bond donors (Lipinski definition) is 2. The summed E-state index contributed by atoms with van der Waals surface area (Å²) in [6.45, 7) is 5.00. The molecule has 1 aliphatic carbocycles. The molecule has 0 saturated heterocycles. The largest absolute Gasteiger partial charge is 0.481 e. The van der Waals surface area contributed by atoms with Crippen molar-refractivity contribution in [2.75, 3.05) is 18.6 Å². The smallest absolute Gasteiger partial charge is 0.407 e. The van der Waals surface area contributed by atoms with E-state index in [0.29, 0.717) is 0 Å². The van der Waals surface area contributed by atoms with E-state index in [4.69, 9.17) is 4.74 Å². The maximum atomic E-state index is 11.7. The van der Waals surface area contributed by atoms with Gasteiger partial charge in [0.05, 0.1) is 11.2 Å². The number of ether oxygens (including phenoxy) is 1. The lowest BCUT2D eigenvalue weighted by Gasteiger charge is -2.30. The third kappa shape index (κ3) is 5.82. The van der Waals surface area contributed by atoms with E-state index in [-0.39, 0.29) is 24.6 Å². The summed E-state index contributed by atoms with van der Waals surface area (Å²) in [6, 6.07) is 0. The van der Waals surface area contributed by atoms with E-state index in [1.54, 1.807) is 20.8 Å². The predicted octanol–water partition coefficient (Wildman–Crippen LogP) is 1.43. The number of hydrogen-bond acceptors (Lipinski definition) is 5. The van der Waals surface area contributed by atoms with Crippen molar-refractivity contribution >= 4 is 21.9 Å². The minimum Gasteiger partial charge on any atom is -0.481 e. The minimum absolute atomic E-state index is 0.0123. The van der Waals surface area contributed by atoms with Crippen molar-refractivity contribution in [1.82, 2.24) is 5.32 Å². The van der Waals surface area contributed by atoms with Gasteiger partial charge in [0.2, 0.25) is 0 Å². The number of carboxylic acid groups (broad SMARTS) is 1. The van der Waals surface area contributed by atoms with E-state index in [1.807, 2.05) is 0 Å². The lowest BCUT2D eigenvalue weighted by molar-refractivity contribution is -0.150. The van der Waals surface area contributed by atoms with Crippen molar-refractivity contribution in [3.05, 3.63) is 0 Å². The first kappa shape index (κ1) is 18.7. The molecule has 1 rings (SSSR count). The van der Waals surface area contributed by atoms with Crippen LogP contribution in [0.15, 0.2) is 0 Å². The van der Waals surface area contributed by atoms with Crippen molar-refractivity contribution in [1.29, 1.82) is 0 Å². The van der Waals surface area contributed by atoms with Gasteiger partial charge in [-0.2, -0.15) is 0 Å². The molecule has 2 N–H and O–H groups in total. The minimum atomic E-state index is -3.27. The summed E-state index contributed by atoms with van der Waals surface area (Å²) in [4.78, 5) is 23.5. The van der Waals surface area contributed by atoms with Gasteiger partial charge < -0.3 is 15.2 Å². The zero-order valence-corrected chi connectivity index (χ0v) is 14.3. The van der Waals surface area contributed by atoms with Crippen molar-refractivity contribution in [2.24, 2.45) is 11.3 Å². The molecule has 1 unspecified atom stereocenters. The summed E-state index contributed by atoms with van der Waals surface area (Å²) in [5.74, 6) is -1.40. The van der Waals surface area contributed by atoms with Gasteiger partial charge in [0, 0.05) is 12.8 Å². The van der Waals surface area contributed by atoms with Crippen LogP contribution >= 0.6 is 0 Å². The lowest BCUT2D eigenvalue weighted by Crippen LogP contribution is -2.47. The molecule has 0 bridgehead atoms. The van der Waals surface area contributed by atoms with Crippen LogP contribution in [0.1, 0.15) is 40.0 Å². The molecule has 1 amide bonds. The van der Waals surface area contributed by atoms with Gasteiger partial charge in [-0.3, -0.25) is 4.79 Å². The van der Waals surface area contributed by atoms with Crippen LogP contribution in [0.2, 0.25) is 0 Å². The highest BCUT2D eigenvalue weighted by atomic mass is 32.2. The Morgan fingerprint density at radius 3 is 2.18 bits per heavy atom. The Hall–Kier alpha value is -1.31. The molecule has 0 radical (unpaired) electrons. The molecule has 1 atom stereocenters. The first-order valence-corrected chi connectivity index (χ1v) is 9.30. The van der Waals surface area contributed by atoms with Gasteiger partial charge in [-0.15, -0.1) is 0 Å². The lowest BCUT2D eigenvalue weighted by atomic mass is 9.80. The van der Waals surface area contributed by atoms with Gasteiger partial charge in [-0.05, 0) is 46.0 Å². The quantitative estimate of drug-likeness (QED) is 0.728. The Morgan fingerprint density at radius 2 is 1.82 bits per heavy atom. The molecule has 1 fully saturated rings. The highest BCUT2D eigenvalue weighted by Gasteiger charge is 2.51. The summed E-state index contributed by atoms with van der Waals surface area (Å²) in [7, 11) is -3.27. The Kier molecular flexibility index (Phi) is 5.48. The van der Waals surface area contributed by atoms with Gasteiger partial charge in [0.1, 0.15) is 15.4 Å². The highest BCUT2D eigenvalue weighted by Crippen LogP contribution is 2.48. The fourth-order valence-corrected chi connectivity index (χ4v) is 3.08. The van der Waals surface area contributed by atoms with E-state index in [2.05, 4.69) is 5.32 Å². The SMILES string of the molecule is CC(C)(C)OC(=O)NCC(CCS(C)(=O)=O)(C(=O)O)C1CC1. The normalized spacial score (nSPS) is 18.4. The average Bonchev–Trinajstić information content (AvgIpc) is 3.09. The second-order valence-electron chi connectivity index (χ2n) is 6.97. The average molecular weight is 335 g/mol. The standard InChI is InChI=1S/C14H25NO6S/c1-13(2,3)21-12(18)15-9-14(11(16)17,10-5-6-10)7-8-22(4,19)20/h10H,5-9H2,1-4H3,(H,15,18)(H,16,17). The van der Waals surface area contributed by atoms with E-state index >= 15 is 0 Å². The van der Waals surface area contributed by atoms with Crippen molar-refractivity contribution in [3.8, 4) is 0 Å². The topological polar surface area (TPSA) is 110 Å². The predicted molar refractivity (Wildman–Crippen MR) is 81.4 cm³/mol. The van der Waals surface area contributed by atoms with Crippen LogP contribution in [0.3, 0.4) is 0 Å². The van der Waals surface area contributed by atoms with Gasteiger partial charge in [-0.25, -0.2) is 13.2 Å². The molecule has 0 aromatic carbocycles. The molecule has 1 saturated carbocycles. The number of nitrogens with one attached hydrogen (secondary N) is 1. The van der Waals surface area contributed by atoms with E-state index in [1.165, 1.54) is 0 Å². The number of sulfone groups is 1. The summed E-state index contributed by atoms with van der Waals surface area (Å²) >= 11 is 0. The van der Waals surface area contributed by atoms with Crippen LogP contribution in [-0.4, -0.2) is 49.7 Å². The second kappa shape index (κ2) is 6.44. The number of amides is 1. The monoisotopic (exact) mass is 335 g/mol. The number of alkyl carbamates (subject to hydrolysis) is 1. The zero-order chi connectivity index (χ0) is 17.2. The molecule has 0 aromatic heterocycles. The van der Waals surface area contributed by atoms with Gasteiger partial charge in [0.25, 0.3) is 0 Å². The molecule has 7 nitrogen and oxygen atoms in total. The second-order valence-corrected chi connectivity index (χ2v) is 9.23. The number of carboxylic acids is 1. The Labute approximate surface area is 131 Å². The van der Waals surface area contributed by atoms with Gasteiger partial charge in [0.15, 0.2) is 0 Å². The number of aliphatic carboxylic acids is 1. The molecule has 8 heteroatoms. The van der Waals surface area contributed by atoms with Crippen molar-refractivity contribution < 1.29 is 27.9 Å². The van der Waals surface area contributed by atoms with Crippen LogP contribution in [0.25, 0.3) is 0 Å². The molecule has 0 heterocycles. The molecule has 0 spiro atoms. The maximum Gasteiger partial charge on any atom is 0.407 e. The fraction of sp³-hybridized carbons (Fsp3) is 0.857. The summed E-state index contributed by atoms with van der Waals surface area (Å²) in [6.07, 6.45) is 1.83. The van der Waals surface area contributed by atoms with Crippen LogP contribution in [0.5, 0.6) is 0 Å². The number of carbonyl (C=O) groups excluding carboxylic acids is 1. The van der Waals surface area contributed by atoms with E-state index in [9.17, 15) is 23.1 Å². The summed E-state index contributed by atoms with van der Waals surface area (Å²) < 4.78 is 27.8. The number of carbonyl (C=O) groups is 2. The maximum absolute atomic E-state index is 11.7. The van der Waals surface area contributed by atoms with Gasteiger partial charge >= 0.3 is 12.1 Å². The first-order chi connectivity index (χ1) is 9.86. The van der Waals surface area contributed by atoms with Crippen LogP contribution in [0.4, 0.5) is 4.79 Å². The molecule has 128 valence electrons. The molecule has 1 aliphatic rings.